The first-order valence-corrected chi connectivity index (χ1v) is 9.09. The number of fused-ring (bicyclic) bond motifs is 3. The first kappa shape index (κ1) is 15.1. The lowest BCUT2D eigenvalue weighted by Gasteiger charge is -2.04. The summed E-state index contributed by atoms with van der Waals surface area (Å²) < 4.78 is 1.24. The molecule has 1 nitrogen and oxygen atoms in total. The highest BCUT2D eigenvalue weighted by atomic mass is 32.1. The van der Waals surface area contributed by atoms with Gasteiger partial charge in [0.1, 0.15) is 5.01 Å². The average Bonchev–Trinajstić information content (AvgIpc) is 3.04. The molecule has 4 rings (SSSR count). The molecule has 1 heterocycles. The van der Waals surface area contributed by atoms with Gasteiger partial charge < -0.3 is 0 Å². The van der Waals surface area contributed by atoms with Crippen molar-refractivity contribution in [2.24, 2.45) is 0 Å². The Labute approximate surface area is 146 Å². The molecule has 1 aromatic heterocycles. The van der Waals surface area contributed by atoms with E-state index in [1.54, 1.807) is 11.3 Å². The zero-order valence-electron chi connectivity index (χ0n) is 13.9. The second kappa shape index (κ2) is 6.21. The summed E-state index contributed by atoms with van der Waals surface area (Å²) >= 11 is 1.74. The number of hydrogen-bond donors (Lipinski definition) is 0. The van der Waals surface area contributed by atoms with Gasteiger partial charge in [-0.15, -0.1) is 11.3 Å². The van der Waals surface area contributed by atoms with Crippen LogP contribution in [0.2, 0.25) is 0 Å². The molecule has 0 saturated carbocycles. The Bertz CT molecular complexity index is 1020. The van der Waals surface area contributed by atoms with Gasteiger partial charge in [-0.25, -0.2) is 4.98 Å². The molecule has 0 atom stereocenters. The van der Waals surface area contributed by atoms with Gasteiger partial charge in [-0.2, -0.15) is 0 Å². The molecule has 118 valence electrons. The minimum absolute atomic E-state index is 0.570. The number of rotatable bonds is 3. The van der Waals surface area contributed by atoms with E-state index >= 15 is 0 Å². The molecule has 2 heteroatoms. The topological polar surface area (TPSA) is 12.9 Å². The summed E-state index contributed by atoms with van der Waals surface area (Å²) in [5.41, 5.74) is 3.69. The fourth-order valence-electron chi connectivity index (χ4n) is 2.91. The van der Waals surface area contributed by atoms with Crippen LogP contribution in [0.1, 0.15) is 35.9 Å². The van der Waals surface area contributed by atoms with Crippen LogP contribution in [0.15, 0.2) is 60.7 Å². The first-order chi connectivity index (χ1) is 11.7. The van der Waals surface area contributed by atoms with Crippen LogP contribution >= 0.6 is 11.3 Å². The number of benzene rings is 3. The Morgan fingerprint density at radius 3 is 2.46 bits per heavy atom. The molecular weight excluding hydrogens is 310 g/mol. The summed E-state index contributed by atoms with van der Waals surface area (Å²) in [4.78, 5) is 4.83. The Morgan fingerprint density at radius 1 is 0.875 bits per heavy atom. The minimum Gasteiger partial charge on any atom is -0.236 e. The number of aromatic nitrogens is 1. The highest BCUT2D eigenvalue weighted by molar-refractivity contribution is 7.19. The lowest BCUT2D eigenvalue weighted by Crippen LogP contribution is -1.85. The van der Waals surface area contributed by atoms with Crippen molar-refractivity contribution < 1.29 is 0 Å². The largest absolute Gasteiger partial charge is 0.236 e. The van der Waals surface area contributed by atoms with E-state index < -0.39 is 0 Å². The van der Waals surface area contributed by atoms with Crippen molar-refractivity contribution in [1.29, 1.82) is 0 Å². The molecule has 0 aliphatic heterocycles. The van der Waals surface area contributed by atoms with Gasteiger partial charge >= 0.3 is 0 Å². The third kappa shape index (κ3) is 2.85. The molecule has 0 spiro atoms. The van der Waals surface area contributed by atoms with Gasteiger partial charge in [0, 0.05) is 5.39 Å². The zero-order chi connectivity index (χ0) is 16.5. The minimum atomic E-state index is 0.570. The fourth-order valence-corrected chi connectivity index (χ4v) is 3.80. The van der Waals surface area contributed by atoms with Crippen LogP contribution in [0.3, 0.4) is 0 Å². The summed E-state index contributed by atoms with van der Waals surface area (Å²) in [6.07, 6.45) is 4.26. The average molecular weight is 329 g/mol. The maximum Gasteiger partial charge on any atom is 0.117 e. The third-order valence-corrected chi connectivity index (χ3v) is 5.31. The quantitative estimate of drug-likeness (QED) is 0.405. The van der Waals surface area contributed by atoms with Crippen LogP contribution in [0, 0.1) is 0 Å². The molecule has 24 heavy (non-hydrogen) atoms. The Balaban J connectivity index is 1.68. The van der Waals surface area contributed by atoms with E-state index in [1.807, 2.05) is 0 Å². The molecule has 3 aromatic carbocycles. The van der Waals surface area contributed by atoms with Gasteiger partial charge in [0.05, 0.1) is 10.2 Å². The van der Waals surface area contributed by atoms with Crippen molar-refractivity contribution in [3.8, 4) is 0 Å². The normalized spacial score (nSPS) is 12.0. The van der Waals surface area contributed by atoms with Gasteiger partial charge in [-0.05, 0) is 34.6 Å². The summed E-state index contributed by atoms with van der Waals surface area (Å²) in [5.74, 6) is 0.570. The van der Waals surface area contributed by atoms with Crippen LogP contribution in [-0.2, 0) is 0 Å². The second-order valence-corrected chi connectivity index (χ2v) is 7.40. The van der Waals surface area contributed by atoms with E-state index in [0.717, 1.165) is 10.5 Å². The molecule has 4 aromatic rings. The monoisotopic (exact) mass is 329 g/mol. The van der Waals surface area contributed by atoms with E-state index in [2.05, 4.69) is 86.7 Å². The molecule has 0 N–H and O–H groups in total. The molecule has 0 aliphatic rings. The van der Waals surface area contributed by atoms with E-state index in [0.29, 0.717) is 5.92 Å². The van der Waals surface area contributed by atoms with E-state index in [4.69, 9.17) is 4.98 Å². The van der Waals surface area contributed by atoms with Gasteiger partial charge in [0.2, 0.25) is 0 Å². The lowest BCUT2D eigenvalue weighted by atomic mass is 10.0. The number of hydrogen-bond acceptors (Lipinski definition) is 2. The Hall–Kier alpha value is -2.45. The van der Waals surface area contributed by atoms with E-state index in [1.165, 1.54) is 26.6 Å². The molecule has 0 bridgehead atoms. The molecule has 0 fully saturated rings. The van der Waals surface area contributed by atoms with Crippen molar-refractivity contribution in [1.82, 2.24) is 4.98 Å². The van der Waals surface area contributed by atoms with Crippen LogP contribution in [0.5, 0.6) is 0 Å². The second-order valence-electron chi connectivity index (χ2n) is 6.34. The van der Waals surface area contributed by atoms with Crippen LogP contribution in [0.25, 0.3) is 33.1 Å². The molecule has 0 saturated heterocycles. The van der Waals surface area contributed by atoms with Crippen molar-refractivity contribution in [2.75, 3.05) is 0 Å². The lowest BCUT2D eigenvalue weighted by molar-refractivity contribution is 0.866. The Kier molecular flexibility index (Phi) is 3.91. The molecule has 0 radical (unpaired) electrons. The maximum atomic E-state index is 4.83. The maximum absolute atomic E-state index is 4.83. The highest BCUT2D eigenvalue weighted by Crippen LogP contribution is 2.30. The third-order valence-electron chi connectivity index (χ3n) is 4.32. The molecular formula is C22H19NS. The Morgan fingerprint density at radius 2 is 1.67 bits per heavy atom. The van der Waals surface area contributed by atoms with Gasteiger partial charge in [0.15, 0.2) is 0 Å². The fraction of sp³-hybridized carbons (Fsp3) is 0.136. The van der Waals surface area contributed by atoms with E-state index in [9.17, 15) is 0 Å². The number of thiazole rings is 1. The summed E-state index contributed by atoms with van der Waals surface area (Å²) in [6, 6.07) is 21.5. The summed E-state index contributed by atoms with van der Waals surface area (Å²) in [7, 11) is 0. The van der Waals surface area contributed by atoms with Crippen LogP contribution < -0.4 is 0 Å². The summed E-state index contributed by atoms with van der Waals surface area (Å²) in [6.45, 7) is 4.44. The van der Waals surface area contributed by atoms with Crippen LogP contribution in [0.4, 0.5) is 0 Å². The smallest absolute Gasteiger partial charge is 0.117 e. The highest BCUT2D eigenvalue weighted by Gasteiger charge is 2.05. The standard InChI is InChI=1S/C22H19NS/c1-15(2)17-10-7-16(8-11-17)9-14-21-23-22-19-6-4-3-5-18(19)12-13-20(22)24-21/h3-15H,1-2H3/b14-9+. The molecule has 0 unspecified atom stereocenters. The SMILES string of the molecule is CC(C)c1ccc(/C=C/c2nc3c(ccc4ccccc43)s2)cc1. The first-order valence-electron chi connectivity index (χ1n) is 8.27. The summed E-state index contributed by atoms with van der Waals surface area (Å²) in [5, 5.41) is 3.52. The van der Waals surface area contributed by atoms with Gasteiger partial charge in [-0.1, -0.05) is 74.5 Å². The van der Waals surface area contributed by atoms with E-state index in [-0.39, 0.29) is 0 Å². The zero-order valence-corrected chi connectivity index (χ0v) is 14.7. The van der Waals surface area contributed by atoms with Crippen LogP contribution in [-0.4, -0.2) is 4.98 Å². The molecule has 0 aliphatic carbocycles. The van der Waals surface area contributed by atoms with Gasteiger partial charge in [-0.3, -0.25) is 0 Å². The van der Waals surface area contributed by atoms with Crippen molar-refractivity contribution in [3.05, 3.63) is 76.8 Å². The predicted molar refractivity (Wildman–Crippen MR) is 107 cm³/mol. The van der Waals surface area contributed by atoms with Crippen molar-refractivity contribution >= 4 is 44.5 Å². The molecule has 0 amide bonds. The van der Waals surface area contributed by atoms with Gasteiger partial charge in [0.25, 0.3) is 0 Å². The van der Waals surface area contributed by atoms with Crippen molar-refractivity contribution in [3.63, 3.8) is 0 Å². The predicted octanol–water partition coefficient (Wildman–Crippen LogP) is 6.74. The number of nitrogens with zero attached hydrogens (tertiary/aromatic N) is 1. The van der Waals surface area contributed by atoms with Crippen molar-refractivity contribution in [2.45, 2.75) is 19.8 Å².